The van der Waals surface area contributed by atoms with E-state index < -0.39 is 12.2 Å². The summed E-state index contributed by atoms with van der Waals surface area (Å²) in [7, 11) is 0. The minimum atomic E-state index is -0.823. The zero-order chi connectivity index (χ0) is 14.9. The van der Waals surface area contributed by atoms with Gasteiger partial charge < -0.3 is 15.5 Å². The molecule has 20 heavy (non-hydrogen) atoms. The Balaban J connectivity index is 1.97. The average molecular weight is 340 g/mol. The van der Waals surface area contributed by atoms with E-state index in [-0.39, 0.29) is 30.6 Å². The van der Waals surface area contributed by atoms with E-state index in [9.17, 15) is 15.0 Å². The number of nitrogens with zero attached hydrogens (tertiary/aromatic N) is 1. The van der Waals surface area contributed by atoms with Gasteiger partial charge in [-0.15, -0.1) is 0 Å². The standard InChI is InChI=1S/C12H13Cl3N2O3/c13-6-1-8(15)9(2-7(6)14)16-12(20)5-17-3-10(18)11(19)4-17/h1-2,10-11,18-19H,3-5H2,(H,16,20). The highest BCUT2D eigenvalue weighted by Gasteiger charge is 2.30. The molecule has 2 atom stereocenters. The summed E-state index contributed by atoms with van der Waals surface area (Å²) in [5, 5.41) is 22.3. The molecule has 2 unspecified atom stereocenters. The van der Waals surface area contributed by atoms with Crippen LogP contribution in [0.25, 0.3) is 0 Å². The number of carbonyl (C=O) groups is 1. The molecule has 8 heteroatoms. The molecule has 5 nitrogen and oxygen atoms in total. The Morgan fingerprint density at radius 3 is 2.30 bits per heavy atom. The number of rotatable bonds is 3. The first-order valence-electron chi connectivity index (χ1n) is 5.89. The molecule has 1 saturated heterocycles. The number of aliphatic hydroxyl groups excluding tert-OH is 2. The molecule has 1 amide bonds. The van der Waals surface area contributed by atoms with Gasteiger partial charge in [-0.2, -0.15) is 0 Å². The van der Waals surface area contributed by atoms with Crippen molar-refractivity contribution in [1.82, 2.24) is 4.90 Å². The minimum absolute atomic E-state index is 0.0463. The predicted molar refractivity (Wildman–Crippen MR) is 78.6 cm³/mol. The first-order valence-corrected chi connectivity index (χ1v) is 7.03. The van der Waals surface area contributed by atoms with Crippen molar-refractivity contribution in [2.75, 3.05) is 25.0 Å². The second-order valence-corrected chi connectivity index (χ2v) is 5.84. The Kier molecular flexibility index (Phi) is 5.12. The second-order valence-electron chi connectivity index (χ2n) is 4.62. The topological polar surface area (TPSA) is 72.8 Å². The number of amides is 1. The summed E-state index contributed by atoms with van der Waals surface area (Å²) < 4.78 is 0. The largest absolute Gasteiger partial charge is 0.389 e. The first kappa shape index (κ1) is 15.8. The van der Waals surface area contributed by atoms with Crippen LogP contribution in [0, 0.1) is 0 Å². The first-order chi connectivity index (χ1) is 9.36. The molecule has 1 fully saturated rings. The lowest BCUT2D eigenvalue weighted by molar-refractivity contribution is -0.117. The van der Waals surface area contributed by atoms with E-state index in [1.54, 1.807) is 4.90 Å². The molecule has 1 aromatic rings. The Morgan fingerprint density at radius 2 is 1.70 bits per heavy atom. The highest BCUT2D eigenvalue weighted by molar-refractivity contribution is 6.44. The van der Waals surface area contributed by atoms with Crippen LogP contribution < -0.4 is 5.32 Å². The molecule has 2 rings (SSSR count). The van der Waals surface area contributed by atoms with Crippen LogP contribution in [0.4, 0.5) is 5.69 Å². The predicted octanol–water partition coefficient (Wildman–Crippen LogP) is 1.62. The van der Waals surface area contributed by atoms with Gasteiger partial charge in [-0.1, -0.05) is 34.8 Å². The van der Waals surface area contributed by atoms with Crippen molar-refractivity contribution in [3.8, 4) is 0 Å². The zero-order valence-electron chi connectivity index (χ0n) is 10.3. The quantitative estimate of drug-likeness (QED) is 0.732. The Bertz CT molecular complexity index is 517. The van der Waals surface area contributed by atoms with Crippen molar-refractivity contribution in [2.24, 2.45) is 0 Å². The van der Waals surface area contributed by atoms with Gasteiger partial charge in [-0.25, -0.2) is 0 Å². The fraction of sp³-hybridized carbons (Fsp3) is 0.417. The van der Waals surface area contributed by atoms with Crippen LogP contribution in [0.5, 0.6) is 0 Å². The summed E-state index contributed by atoms with van der Waals surface area (Å²) >= 11 is 17.6. The average Bonchev–Trinajstić information content (AvgIpc) is 2.65. The molecular formula is C12H13Cl3N2O3. The van der Waals surface area contributed by atoms with E-state index in [4.69, 9.17) is 34.8 Å². The molecule has 1 aliphatic rings. The van der Waals surface area contributed by atoms with Crippen LogP contribution >= 0.6 is 34.8 Å². The van der Waals surface area contributed by atoms with Crippen molar-refractivity contribution in [3.05, 3.63) is 27.2 Å². The number of benzene rings is 1. The third-order valence-electron chi connectivity index (χ3n) is 2.99. The van der Waals surface area contributed by atoms with Crippen molar-refractivity contribution in [2.45, 2.75) is 12.2 Å². The number of anilines is 1. The van der Waals surface area contributed by atoms with E-state index in [0.717, 1.165) is 0 Å². The van der Waals surface area contributed by atoms with E-state index in [2.05, 4.69) is 5.32 Å². The Labute approximate surface area is 131 Å². The lowest BCUT2D eigenvalue weighted by Crippen LogP contribution is -2.32. The Hall–Kier alpha value is -0.560. The van der Waals surface area contributed by atoms with Gasteiger partial charge in [0.15, 0.2) is 0 Å². The smallest absolute Gasteiger partial charge is 0.238 e. The lowest BCUT2D eigenvalue weighted by atomic mass is 10.3. The highest BCUT2D eigenvalue weighted by Crippen LogP contribution is 2.32. The molecule has 110 valence electrons. The maximum absolute atomic E-state index is 11.9. The van der Waals surface area contributed by atoms with Gasteiger partial charge >= 0.3 is 0 Å². The van der Waals surface area contributed by atoms with Crippen molar-refractivity contribution in [3.63, 3.8) is 0 Å². The molecular weight excluding hydrogens is 327 g/mol. The third kappa shape index (κ3) is 3.75. The Morgan fingerprint density at radius 1 is 1.15 bits per heavy atom. The van der Waals surface area contributed by atoms with E-state index >= 15 is 0 Å². The summed E-state index contributed by atoms with van der Waals surface area (Å²) in [6, 6.07) is 2.92. The maximum Gasteiger partial charge on any atom is 0.238 e. The molecule has 1 aromatic carbocycles. The van der Waals surface area contributed by atoms with Gasteiger partial charge in [0.1, 0.15) is 0 Å². The van der Waals surface area contributed by atoms with E-state index in [1.807, 2.05) is 0 Å². The van der Waals surface area contributed by atoms with Crippen molar-refractivity contribution >= 4 is 46.4 Å². The second kappa shape index (κ2) is 6.47. The van der Waals surface area contributed by atoms with Crippen molar-refractivity contribution < 1.29 is 15.0 Å². The van der Waals surface area contributed by atoms with E-state index in [1.165, 1.54) is 12.1 Å². The minimum Gasteiger partial charge on any atom is -0.389 e. The number of hydrogen-bond donors (Lipinski definition) is 3. The van der Waals surface area contributed by atoms with E-state index in [0.29, 0.717) is 15.7 Å². The summed E-state index contributed by atoms with van der Waals surface area (Å²) in [5.74, 6) is -0.313. The number of aliphatic hydroxyl groups is 2. The molecule has 0 radical (unpaired) electrons. The monoisotopic (exact) mass is 338 g/mol. The number of nitrogens with one attached hydrogen (secondary N) is 1. The van der Waals surface area contributed by atoms with Crippen LogP contribution in [-0.2, 0) is 4.79 Å². The highest BCUT2D eigenvalue weighted by atomic mass is 35.5. The van der Waals surface area contributed by atoms with Gasteiger partial charge in [0, 0.05) is 13.1 Å². The lowest BCUT2D eigenvalue weighted by Gasteiger charge is -2.15. The number of hydrogen-bond acceptors (Lipinski definition) is 4. The molecule has 0 spiro atoms. The summed E-state index contributed by atoms with van der Waals surface area (Å²) in [4.78, 5) is 13.5. The fourth-order valence-corrected chi connectivity index (χ4v) is 2.58. The number of halogens is 3. The van der Waals surface area contributed by atoms with Crippen LogP contribution in [0.2, 0.25) is 15.1 Å². The normalized spacial score (nSPS) is 23.1. The third-order valence-corrected chi connectivity index (χ3v) is 4.02. The molecule has 1 heterocycles. The maximum atomic E-state index is 11.9. The summed E-state index contributed by atoms with van der Waals surface area (Å²) in [6.45, 7) is 0.554. The fourth-order valence-electron chi connectivity index (χ4n) is 1.99. The SMILES string of the molecule is O=C(CN1CC(O)C(O)C1)Nc1cc(Cl)c(Cl)cc1Cl. The van der Waals surface area contributed by atoms with Gasteiger partial charge in [0.05, 0.1) is 39.5 Å². The van der Waals surface area contributed by atoms with Gasteiger partial charge in [-0.05, 0) is 12.1 Å². The molecule has 3 N–H and O–H groups in total. The molecule has 0 saturated carbocycles. The van der Waals surface area contributed by atoms with Gasteiger partial charge in [0.25, 0.3) is 0 Å². The molecule has 0 bridgehead atoms. The van der Waals surface area contributed by atoms with Gasteiger partial charge in [0.2, 0.25) is 5.91 Å². The number of carbonyl (C=O) groups excluding carboxylic acids is 1. The summed E-state index contributed by atoms with van der Waals surface area (Å²) in [6.07, 6.45) is -1.65. The van der Waals surface area contributed by atoms with Crippen LogP contribution in [0.1, 0.15) is 0 Å². The zero-order valence-corrected chi connectivity index (χ0v) is 12.6. The number of likely N-dealkylation sites (tertiary alicyclic amines) is 1. The van der Waals surface area contributed by atoms with Crippen LogP contribution in [-0.4, -0.2) is 52.9 Å². The molecule has 0 aromatic heterocycles. The molecule has 0 aliphatic carbocycles. The van der Waals surface area contributed by atoms with Gasteiger partial charge in [-0.3, -0.25) is 9.69 Å². The number of β-amino-alcohol motifs (C(OH)–C–C–N with tert-alkyl or cyclic N) is 2. The van der Waals surface area contributed by atoms with Crippen molar-refractivity contribution in [1.29, 1.82) is 0 Å². The van der Waals surface area contributed by atoms with Crippen LogP contribution in [0.3, 0.4) is 0 Å². The summed E-state index contributed by atoms with van der Waals surface area (Å²) in [5.41, 5.74) is 0.367. The molecule has 1 aliphatic heterocycles. The van der Waals surface area contributed by atoms with Crippen LogP contribution in [0.15, 0.2) is 12.1 Å².